The second-order valence-corrected chi connectivity index (χ2v) is 9.90. The number of hydrogen-bond donors (Lipinski definition) is 3. The number of hydroxylamine groups is 1. The van der Waals surface area contributed by atoms with Crippen LogP contribution in [0.5, 0.6) is 0 Å². The summed E-state index contributed by atoms with van der Waals surface area (Å²) in [4.78, 5) is 42.5. The molecular formula is C30H35N3O6. The fourth-order valence-electron chi connectivity index (χ4n) is 3.64. The molecule has 0 saturated heterocycles. The molecule has 0 radical (unpaired) electrons. The fourth-order valence-corrected chi connectivity index (χ4v) is 3.64. The van der Waals surface area contributed by atoms with E-state index in [1.54, 1.807) is 20.8 Å². The molecule has 0 aromatic heterocycles. The van der Waals surface area contributed by atoms with Gasteiger partial charge in [-0.15, -0.1) is 0 Å². The van der Waals surface area contributed by atoms with Crippen molar-refractivity contribution < 1.29 is 28.7 Å². The van der Waals surface area contributed by atoms with Crippen molar-refractivity contribution in [3.05, 3.63) is 96.1 Å². The summed E-state index contributed by atoms with van der Waals surface area (Å²) in [6.07, 6.45) is 0.520. The van der Waals surface area contributed by atoms with Crippen LogP contribution in [0.4, 0.5) is 9.59 Å². The smallest absolute Gasteiger partial charge is 0.408 e. The number of rotatable bonds is 11. The van der Waals surface area contributed by atoms with Gasteiger partial charge in [-0.2, -0.15) is 0 Å². The summed E-state index contributed by atoms with van der Waals surface area (Å²) in [5, 5.41) is 7.42. The highest BCUT2D eigenvalue weighted by Crippen LogP contribution is 2.17. The van der Waals surface area contributed by atoms with Crippen LogP contribution < -0.4 is 16.1 Å². The van der Waals surface area contributed by atoms with E-state index in [0.29, 0.717) is 6.54 Å². The molecule has 3 rings (SSSR count). The van der Waals surface area contributed by atoms with E-state index in [2.05, 4.69) is 22.7 Å². The van der Waals surface area contributed by atoms with Crippen LogP contribution in [0.2, 0.25) is 0 Å². The van der Waals surface area contributed by atoms with E-state index in [4.69, 9.17) is 14.3 Å². The summed E-state index contributed by atoms with van der Waals surface area (Å²) in [6, 6.07) is 20.2. The van der Waals surface area contributed by atoms with Crippen LogP contribution in [0, 0.1) is 0 Å². The molecule has 3 aromatic rings. The molecule has 0 heterocycles. The molecule has 9 nitrogen and oxygen atoms in total. The second kappa shape index (κ2) is 14.0. The second-order valence-electron chi connectivity index (χ2n) is 9.90. The zero-order chi connectivity index (χ0) is 28.3. The van der Waals surface area contributed by atoms with Gasteiger partial charge in [0, 0.05) is 13.0 Å². The first kappa shape index (κ1) is 29.2. The van der Waals surface area contributed by atoms with Gasteiger partial charge in [-0.1, -0.05) is 79.4 Å². The van der Waals surface area contributed by atoms with Crippen molar-refractivity contribution in [1.82, 2.24) is 16.1 Å². The molecule has 9 heteroatoms. The maximum atomic E-state index is 13.0. The van der Waals surface area contributed by atoms with Crippen molar-refractivity contribution in [2.75, 3.05) is 6.61 Å². The Hall–Kier alpha value is -4.37. The topological polar surface area (TPSA) is 115 Å². The van der Waals surface area contributed by atoms with Gasteiger partial charge in [0.1, 0.15) is 18.2 Å². The highest BCUT2D eigenvalue weighted by Gasteiger charge is 2.25. The molecule has 39 heavy (non-hydrogen) atoms. The number of ether oxygens (including phenoxy) is 2. The third-order valence-corrected chi connectivity index (χ3v) is 5.46. The minimum absolute atomic E-state index is 0.107. The molecule has 3 amide bonds. The standard InChI is InChI=1S/C30H35N3O6/c1-5-16-37-28(35)31-19-21-10-12-22(13-11-21)20-38-33-27(34)26(32-29(36)39-30(2,3)4)18-23-14-15-24-8-6-7-9-25(24)17-23/h5-15,17,26H,1,16,18-20H2,2-4H3,(H,31,35)(H,32,36)(H,33,34)/t26-/m1/s1. The predicted octanol–water partition coefficient (Wildman–Crippen LogP) is 4.94. The summed E-state index contributed by atoms with van der Waals surface area (Å²) in [7, 11) is 0. The van der Waals surface area contributed by atoms with E-state index in [1.807, 2.05) is 66.7 Å². The molecule has 0 spiro atoms. The molecule has 3 aromatic carbocycles. The maximum Gasteiger partial charge on any atom is 0.408 e. The first-order valence-electron chi connectivity index (χ1n) is 12.6. The quantitative estimate of drug-likeness (QED) is 0.238. The summed E-state index contributed by atoms with van der Waals surface area (Å²) in [5.41, 5.74) is 4.28. The SMILES string of the molecule is C=CCOC(=O)NCc1ccc(CONC(=O)[C@@H](Cc2ccc3ccccc3c2)NC(=O)OC(C)(C)C)cc1. The van der Waals surface area contributed by atoms with Gasteiger partial charge in [-0.25, -0.2) is 15.1 Å². The van der Waals surface area contributed by atoms with Crippen LogP contribution in [0.25, 0.3) is 10.8 Å². The Balaban J connectivity index is 1.57. The minimum atomic E-state index is -0.921. The van der Waals surface area contributed by atoms with Crippen LogP contribution >= 0.6 is 0 Å². The predicted molar refractivity (Wildman–Crippen MR) is 149 cm³/mol. The van der Waals surface area contributed by atoms with E-state index in [0.717, 1.165) is 27.5 Å². The Morgan fingerprint density at radius 2 is 1.56 bits per heavy atom. The van der Waals surface area contributed by atoms with Crippen LogP contribution in [0.1, 0.15) is 37.5 Å². The van der Waals surface area contributed by atoms with Crippen LogP contribution in [-0.2, 0) is 38.7 Å². The van der Waals surface area contributed by atoms with Gasteiger partial charge in [0.25, 0.3) is 5.91 Å². The number of alkyl carbamates (subject to hydrolysis) is 2. The highest BCUT2D eigenvalue weighted by atomic mass is 16.7. The van der Waals surface area contributed by atoms with E-state index >= 15 is 0 Å². The van der Waals surface area contributed by atoms with E-state index in [9.17, 15) is 14.4 Å². The number of fused-ring (bicyclic) bond motifs is 1. The summed E-state index contributed by atoms with van der Waals surface area (Å²) in [5.74, 6) is -0.507. The van der Waals surface area contributed by atoms with Gasteiger partial charge in [0.2, 0.25) is 0 Å². The molecule has 0 unspecified atom stereocenters. The third kappa shape index (κ3) is 10.1. The van der Waals surface area contributed by atoms with Gasteiger partial charge < -0.3 is 20.1 Å². The lowest BCUT2D eigenvalue weighted by atomic mass is 10.0. The normalized spacial score (nSPS) is 11.8. The Bertz CT molecular complexity index is 1280. The summed E-state index contributed by atoms with van der Waals surface area (Å²) in [6.45, 7) is 9.31. The lowest BCUT2D eigenvalue weighted by Gasteiger charge is -2.23. The Morgan fingerprint density at radius 3 is 2.26 bits per heavy atom. The lowest BCUT2D eigenvalue weighted by molar-refractivity contribution is -0.136. The third-order valence-electron chi connectivity index (χ3n) is 5.46. The number of hydrogen-bond acceptors (Lipinski definition) is 6. The van der Waals surface area contributed by atoms with Gasteiger partial charge >= 0.3 is 12.2 Å². The highest BCUT2D eigenvalue weighted by molar-refractivity contribution is 5.86. The van der Waals surface area contributed by atoms with Crippen molar-refractivity contribution in [1.29, 1.82) is 0 Å². The Kier molecular flexibility index (Phi) is 10.5. The molecule has 0 aliphatic rings. The molecule has 0 bridgehead atoms. The van der Waals surface area contributed by atoms with Gasteiger partial charge in [-0.05, 0) is 48.2 Å². The number of nitrogens with one attached hydrogen (secondary N) is 3. The number of carbonyl (C=O) groups excluding carboxylic acids is 3. The maximum absolute atomic E-state index is 13.0. The van der Waals surface area contributed by atoms with E-state index < -0.39 is 29.7 Å². The zero-order valence-corrected chi connectivity index (χ0v) is 22.5. The van der Waals surface area contributed by atoms with Crippen LogP contribution in [-0.4, -0.2) is 36.3 Å². The number of amides is 3. The average Bonchev–Trinajstić information content (AvgIpc) is 2.90. The Labute approximate surface area is 228 Å². The van der Waals surface area contributed by atoms with Crippen molar-refractivity contribution in [2.24, 2.45) is 0 Å². The summed E-state index contributed by atoms with van der Waals surface area (Å²) >= 11 is 0. The molecule has 206 valence electrons. The molecule has 1 atom stereocenters. The first-order valence-corrected chi connectivity index (χ1v) is 12.6. The van der Waals surface area contributed by atoms with E-state index in [1.165, 1.54) is 6.08 Å². The molecular weight excluding hydrogens is 498 g/mol. The first-order chi connectivity index (χ1) is 18.6. The zero-order valence-electron chi connectivity index (χ0n) is 22.5. The van der Waals surface area contributed by atoms with Crippen molar-refractivity contribution in [2.45, 2.75) is 52.0 Å². The minimum Gasteiger partial charge on any atom is -0.445 e. The van der Waals surface area contributed by atoms with Crippen molar-refractivity contribution in [3.8, 4) is 0 Å². The van der Waals surface area contributed by atoms with Gasteiger partial charge in [0.15, 0.2) is 0 Å². The van der Waals surface area contributed by atoms with E-state index in [-0.39, 0.29) is 19.6 Å². The van der Waals surface area contributed by atoms with Crippen molar-refractivity contribution >= 4 is 28.9 Å². The largest absolute Gasteiger partial charge is 0.445 e. The monoisotopic (exact) mass is 533 g/mol. The van der Waals surface area contributed by atoms with Gasteiger partial charge in [-0.3, -0.25) is 9.63 Å². The summed E-state index contributed by atoms with van der Waals surface area (Å²) < 4.78 is 10.2. The van der Waals surface area contributed by atoms with Gasteiger partial charge in [0.05, 0.1) is 6.61 Å². The van der Waals surface area contributed by atoms with Crippen LogP contribution in [0.15, 0.2) is 79.4 Å². The molecule has 3 N–H and O–H groups in total. The van der Waals surface area contributed by atoms with Crippen molar-refractivity contribution in [3.63, 3.8) is 0 Å². The fraction of sp³-hybridized carbons (Fsp3) is 0.300. The molecule has 0 fully saturated rings. The molecule has 0 aliphatic heterocycles. The molecule has 0 aliphatic carbocycles. The lowest BCUT2D eigenvalue weighted by Crippen LogP contribution is -2.49. The number of benzene rings is 3. The molecule has 0 saturated carbocycles. The Morgan fingerprint density at radius 1 is 0.897 bits per heavy atom. The average molecular weight is 534 g/mol. The number of carbonyl (C=O) groups is 3. The van der Waals surface area contributed by atoms with Crippen LogP contribution in [0.3, 0.4) is 0 Å².